The van der Waals surface area contributed by atoms with Crippen molar-refractivity contribution in [1.82, 2.24) is 31.1 Å². The summed E-state index contributed by atoms with van der Waals surface area (Å²) in [4.78, 5) is 98.9. The van der Waals surface area contributed by atoms with Gasteiger partial charge in [0, 0.05) is 31.1 Å². The molecule has 0 aliphatic carbocycles. The van der Waals surface area contributed by atoms with Gasteiger partial charge in [-0.1, -0.05) is 0 Å². The number of amides is 6. The van der Waals surface area contributed by atoms with Crippen molar-refractivity contribution >= 4 is 72.6 Å². The largest absolute Gasteiger partial charge is 0.480 e. The Bertz CT molecular complexity index is 1350. The van der Waals surface area contributed by atoms with Gasteiger partial charge in [-0.3, -0.25) is 33.8 Å². The van der Waals surface area contributed by atoms with Crippen LogP contribution in [0.3, 0.4) is 0 Å². The van der Waals surface area contributed by atoms with Gasteiger partial charge in [-0.2, -0.15) is 25.3 Å². The van der Waals surface area contributed by atoms with Gasteiger partial charge in [0.05, 0.1) is 12.1 Å². The van der Waals surface area contributed by atoms with E-state index in [1.807, 2.05) is 0 Å². The zero-order chi connectivity index (χ0) is 40.5. The van der Waals surface area contributed by atoms with Crippen LogP contribution in [0.2, 0.25) is 0 Å². The van der Waals surface area contributed by atoms with E-state index in [4.69, 9.17) is 22.9 Å². The minimum absolute atomic E-state index is 0.00959. The number of aliphatic hydroxyl groups excluding tert-OH is 1. The summed E-state index contributed by atoms with van der Waals surface area (Å²) in [5.41, 5.74) is 22.1. The number of hydrogen-bond acceptors (Lipinski definition) is 13. The van der Waals surface area contributed by atoms with Crippen molar-refractivity contribution in [2.24, 2.45) is 27.9 Å². The topological polar surface area (TPSA) is 331 Å². The highest BCUT2D eigenvalue weighted by Gasteiger charge is 2.44. The number of nitrogens with two attached hydrogens (primary N) is 4. The van der Waals surface area contributed by atoms with Gasteiger partial charge >= 0.3 is 5.97 Å². The maximum absolute atomic E-state index is 14.1. The summed E-state index contributed by atoms with van der Waals surface area (Å²) < 4.78 is 0. The molecule has 0 bridgehead atoms. The van der Waals surface area contributed by atoms with Crippen molar-refractivity contribution in [2.45, 2.75) is 113 Å². The maximum Gasteiger partial charge on any atom is 0.327 e. The smallest absolute Gasteiger partial charge is 0.327 e. The molecule has 20 nitrogen and oxygen atoms in total. The Morgan fingerprint density at radius 1 is 0.796 bits per heavy atom. The van der Waals surface area contributed by atoms with E-state index in [0.717, 1.165) is 0 Å². The van der Waals surface area contributed by atoms with E-state index in [-0.39, 0.29) is 62.8 Å². The molecule has 22 heteroatoms. The summed E-state index contributed by atoms with van der Waals surface area (Å²) in [5.74, 6) is -5.63. The van der Waals surface area contributed by atoms with Crippen molar-refractivity contribution in [3.63, 3.8) is 0 Å². The van der Waals surface area contributed by atoms with E-state index in [0.29, 0.717) is 38.6 Å². The quantitative estimate of drug-likeness (QED) is 0.0214. The van der Waals surface area contributed by atoms with Gasteiger partial charge in [0.25, 0.3) is 0 Å². The van der Waals surface area contributed by atoms with Crippen LogP contribution in [-0.2, 0) is 33.6 Å². The molecule has 0 aromatic heterocycles. The number of nitrogens with one attached hydrogen (secondary N) is 4. The number of carbonyl (C=O) groups is 7. The Hall–Kier alpha value is -3.86. The van der Waals surface area contributed by atoms with E-state index in [1.165, 1.54) is 16.7 Å². The molecule has 6 amide bonds. The number of aliphatic hydroxyl groups is 1. The number of guanidine groups is 1. The Kier molecular flexibility index (Phi) is 19.8. The van der Waals surface area contributed by atoms with Crippen LogP contribution in [0.15, 0.2) is 4.99 Å². The van der Waals surface area contributed by atoms with Gasteiger partial charge in [-0.15, -0.1) is 0 Å². The number of nitrogens with zero attached hydrogens (tertiary/aromatic N) is 3. The van der Waals surface area contributed by atoms with Crippen LogP contribution in [0.5, 0.6) is 0 Å². The fourth-order valence-electron chi connectivity index (χ4n) is 6.24. The molecule has 7 unspecified atom stereocenters. The Balaban J connectivity index is 2.26. The molecular formula is C32H57N11O9S2. The van der Waals surface area contributed by atoms with Gasteiger partial charge < -0.3 is 64.2 Å². The molecule has 0 saturated carbocycles. The van der Waals surface area contributed by atoms with Crippen molar-refractivity contribution in [3.8, 4) is 0 Å². The van der Waals surface area contributed by atoms with Crippen LogP contribution in [0, 0.1) is 0 Å². The molecule has 0 radical (unpaired) electrons. The third-order valence-corrected chi connectivity index (χ3v) is 9.95. The first-order valence-electron chi connectivity index (χ1n) is 18.0. The summed E-state index contributed by atoms with van der Waals surface area (Å²) in [6, 6.07) is -8.04. The van der Waals surface area contributed by atoms with Crippen LogP contribution in [0.4, 0.5) is 0 Å². The Labute approximate surface area is 325 Å². The first kappa shape index (κ1) is 46.3. The molecule has 0 aromatic rings. The Morgan fingerprint density at radius 3 is 1.98 bits per heavy atom. The van der Waals surface area contributed by atoms with E-state index in [9.17, 15) is 43.8 Å². The fourth-order valence-corrected chi connectivity index (χ4v) is 6.65. The lowest BCUT2D eigenvalue weighted by molar-refractivity contribution is -0.148. The number of aliphatic imine (C=N–C) groups is 1. The van der Waals surface area contributed by atoms with Crippen molar-refractivity contribution in [1.29, 1.82) is 0 Å². The fraction of sp³-hybridized carbons (Fsp3) is 0.750. The molecule has 2 fully saturated rings. The minimum Gasteiger partial charge on any atom is -0.480 e. The maximum atomic E-state index is 14.1. The third-order valence-electron chi connectivity index (χ3n) is 9.19. The average molecular weight is 804 g/mol. The monoisotopic (exact) mass is 803 g/mol. The predicted molar refractivity (Wildman–Crippen MR) is 205 cm³/mol. The number of thiol groups is 2. The molecule has 14 N–H and O–H groups in total. The zero-order valence-corrected chi connectivity index (χ0v) is 32.3. The average Bonchev–Trinajstić information content (AvgIpc) is 3.83. The molecule has 2 rings (SSSR count). The predicted octanol–water partition coefficient (Wildman–Crippen LogP) is -4.26. The molecule has 306 valence electrons. The summed E-state index contributed by atoms with van der Waals surface area (Å²) in [5, 5.41) is 29.8. The van der Waals surface area contributed by atoms with E-state index in [1.54, 1.807) is 0 Å². The van der Waals surface area contributed by atoms with E-state index >= 15 is 0 Å². The number of aliphatic carboxylic acids is 1. The van der Waals surface area contributed by atoms with Crippen molar-refractivity contribution in [2.75, 3.05) is 37.7 Å². The first-order chi connectivity index (χ1) is 25.6. The first-order valence-corrected chi connectivity index (χ1v) is 19.3. The number of rotatable bonds is 22. The number of carboxylic acids is 1. The Morgan fingerprint density at radius 2 is 1.41 bits per heavy atom. The normalized spacial score (nSPS) is 20.1. The van der Waals surface area contributed by atoms with Crippen LogP contribution < -0.4 is 44.2 Å². The van der Waals surface area contributed by atoms with Gasteiger partial charge in [0.1, 0.15) is 36.3 Å². The third kappa shape index (κ3) is 13.8. The highest BCUT2D eigenvalue weighted by atomic mass is 32.1. The number of carboxylic acid groups (broad SMARTS) is 1. The van der Waals surface area contributed by atoms with Gasteiger partial charge in [0.15, 0.2) is 5.96 Å². The van der Waals surface area contributed by atoms with Crippen molar-refractivity contribution < 1.29 is 43.8 Å². The van der Waals surface area contributed by atoms with E-state index in [2.05, 4.69) is 51.5 Å². The van der Waals surface area contributed by atoms with Crippen LogP contribution in [0.1, 0.15) is 64.7 Å². The molecule has 0 spiro atoms. The highest BCUT2D eigenvalue weighted by Crippen LogP contribution is 2.26. The summed E-state index contributed by atoms with van der Waals surface area (Å²) in [7, 11) is 0. The summed E-state index contributed by atoms with van der Waals surface area (Å²) in [6.45, 7) is 2.18. The lowest BCUT2D eigenvalue weighted by Gasteiger charge is -2.34. The second kappa shape index (κ2) is 23.1. The second-order valence-corrected chi connectivity index (χ2v) is 14.1. The molecule has 2 aliphatic rings. The lowest BCUT2D eigenvalue weighted by atomic mass is 10.0. The number of carbonyl (C=O) groups excluding carboxylic acids is 6. The molecule has 2 saturated heterocycles. The van der Waals surface area contributed by atoms with Gasteiger partial charge in [-0.25, -0.2) is 4.79 Å². The molecular weight excluding hydrogens is 747 g/mol. The second-order valence-electron chi connectivity index (χ2n) is 13.3. The number of hydrogen-bond donors (Lipinski definition) is 12. The van der Waals surface area contributed by atoms with Crippen LogP contribution in [0.25, 0.3) is 0 Å². The minimum atomic E-state index is -1.43. The SMILES string of the molecule is C[C@@H](O)C(NC(=O)C(N)CS)C(=O)NC(CCCCN)C(=O)N1CCCC1C(=O)N1CCCC1C(=O)NC(CCCN=C(N)N)C(=O)NC(CS)C(=O)O. The van der Waals surface area contributed by atoms with Crippen molar-refractivity contribution in [3.05, 3.63) is 0 Å². The number of unbranched alkanes of at least 4 members (excludes halogenated alkanes) is 1. The van der Waals surface area contributed by atoms with E-state index < -0.39 is 89.8 Å². The molecule has 8 atom stereocenters. The van der Waals surface area contributed by atoms with Crippen LogP contribution >= 0.6 is 25.3 Å². The lowest BCUT2D eigenvalue weighted by Crippen LogP contribution is -2.60. The van der Waals surface area contributed by atoms with Gasteiger partial charge in [-0.05, 0) is 71.3 Å². The summed E-state index contributed by atoms with van der Waals surface area (Å²) in [6.07, 6.45) is 1.63. The summed E-state index contributed by atoms with van der Waals surface area (Å²) >= 11 is 7.96. The number of likely N-dealkylation sites (tertiary alicyclic amines) is 2. The molecule has 0 aromatic carbocycles. The standard InChI is InChI=1S/C32H57N11O9S2/c1-17(44)24(41-25(45)18(34)15-53)28(48)39-20(7-2-3-11-33)29(49)43-14-6-10-23(43)30(50)42-13-5-9-22(42)27(47)38-19(8-4-12-37-32(35)36)26(46)40-21(16-54)31(51)52/h17-24,44,53-54H,2-16,33-34H2,1H3,(H,38,47)(H,39,48)(H,40,46)(H,41,45)(H,51,52)(H4,35,36,37)/t17-,18?,19?,20?,21?,22?,23?,24?/m1/s1. The zero-order valence-electron chi connectivity index (χ0n) is 30.5. The van der Waals surface area contributed by atoms with Crippen LogP contribution in [-0.4, -0.2) is 153 Å². The molecule has 2 heterocycles. The molecule has 54 heavy (non-hydrogen) atoms. The molecule has 2 aliphatic heterocycles. The highest BCUT2D eigenvalue weighted by molar-refractivity contribution is 7.80. The van der Waals surface area contributed by atoms with Gasteiger partial charge in [0.2, 0.25) is 35.4 Å².